The zero-order chi connectivity index (χ0) is 49.0. The topological polar surface area (TPSA) is 24.6 Å². The molecule has 0 saturated heterocycles. The molecule has 1 aliphatic carbocycles. The van der Waals surface area contributed by atoms with E-state index in [9.17, 15) is 0 Å². The summed E-state index contributed by atoms with van der Waals surface area (Å²) in [4.78, 5) is 5.07. The summed E-state index contributed by atoms with van der Waals surface area (Å²) < 4.78 is 9.95. The predicted molar refractivity (Wildman–Crippen MR) is 304 cm³/mol. The SMILES string of the molecule is Cc1cc2c3c(c1)N(c1ccc(C(C)(C)C)cc1-c1ccccc1)c1cc4c(cc1B3n1c3oc5ccccc5c3c3c(N(c5ccccc5)c5ccccc5)ccc-2c31)C(C)(C)c1ccccc1C4(C)C. The van der Waals surface area contributed by atoms with Gasteiger partial charge in [-0.25, -0.2) is 0 Å². The number of fused-ring (bicyclic) bond motifs is 11. The Balaban J connectivity index is 1.15. The first-order valence-corrected chi connectivity index (χ1v) is 25.6. The van der Waals surface area contributed by atoms with Gasteiger partial charge in [0.05, 0.1) is 16.8 Å². The van der Waals surface area contributed by atoms with Crippen molar-refractivity contribution < 1.29 is 4.42 Å². The molecular formula is C67H56BN3O. The summed E-state index contributed by atoms with van der Waals surface area (Å²) in [5.41, 5.74) is 24.8. The monoisotopic (exact) mass is 929 g/mol. The molecule has 11 aromatic rings. The van der Waals surface area contributed by atoms with Crippen LogP contribution in [-0.4, -0.2) is 11.3 Å². The number of aryl methyl sites for hydroxylation is 1. The van der Waals surface area contributed by atoms with Crippen LogP contribution in [0.3, 0.4) is 0 Å². The third-order valence-corrected chi connectivity index (χ3v) is 16.6. The first-order chi connectivity index (χ1) is 34.8. The lowest BCUT2D eigenvalue weighted by Crippen LogP contribution is -2.57. The molecule has 2 aliphatic heterocycles. The van der Waals surface area contributed by atoms with Crippen LogP contribution in [0.1, 0.15) is 81.8 Å². The largest absolute Gasteiger partial charge is 0.441 e. The van der Waals surface area contributed by atoms with Crippen LogP contribution in [-0.2, 0) is 16.2 Å². The highest BCUT2D eigenvalue weighted by atomic mass is 16.3. The summed E-state index contributed by atoms with van der Waals surface area (Å²) in [5, 5.41) is 3.45. The number of hydrogen-bond acceptors (Lipinski definition) is 3. The minimum absolute atomic E-state index is 0.0472. The van der Waals surface area contributed by atoms with E-state index >= 15 is 0 Å². The molecule has 14 rings (SSSR count). The molecule has 0 atom stereocenters. The molecule has 0 bridgehead atoms. The maximum atomic E-state index is 7.34. The Morgan fingerprint density at radius 1 is 0.514 bits per heavy atom. The van der Waals surface area contributed by atoms with E-state index in [0.29, 0.717) is 0 Å². The fourth-order valence-electron chi connectivity index (χ4n) is 13.1. The minimum Gasteiger partial charge on any atom is -0.441 e. The maximum absolute atomic E-state index is 7.34. The quantitative estimate of drug-likeness (QED) is 0.161. The number of para-hydroxylation sites is 3. The molecule has 72 heavy (non-hydrogen) atoms. The van der Waals surface area contributed by atoms with E-state index in [2.05, 4.69) is 264 Å². The number of aromatic nitrogens is 1. The van der Waals surface area contributed by atoms with E-state index in [-0.39, 0.29) is 23.1 Å². The van der Waals surface area contributed by atoms with Gasteiger partial charge in [-0.1, -0.05) is 182 Å². The third-order valence-electron chi connectivity index (χ3n) is 16.6. The van der Waals surface area contributed by atoms with Gasteiger partial charge in [0, 0.05) is 61.0 Å². The van der Waals surface area contributed by atoms with Crippen LogP contribution in [0.5, 0.6) is 0 Å². The van der Waals surface area contributed by atoms with Crippen LogP contribution in [0.4, 0.5) is 34.1 Å². The number of rotatable bonds is 5. The van der Waals surface area contributed by atoms with Crippen LogP contribution < -0.4 is 20.7 Å². The Labute approximate surface area is 422 Å². The Hall–Kier alpha value is -8.02. The predicted octanol–water partition coefficient (Wildman–Crippen LogP) is 16.7. The number of nitrogens with zero attached hydrogens (tertiary/aromatic N) is 3. The lowest BCUT2D eigenvalue weighted by molar-refractivity contribution is 0.521. The van der Waals surface area contributed by atoms with Gasteiger partial charge in [0.25, 0.3) is 0 Å². The molecule has 0 unspecified atom stereocenters. The van der Waals surface area contributed by atoms with Gasteiger partial charge in [0.15, 0.2) is 5.71 Å². The second-order valence-corrected chi connectivity index (χ2v) is 22.6. The summed E-state index contributed by atoms with van der Waals surface area (Å²) in [5.74, 6) is 0. The number of furan rings is 1. The van der Waals surface area contributed by atoms with Crippen molar-refractivity contribution in [3.63, 3.8) is 0 Å². The molecule has 0 fully saturated rings. The molecule has 9 aromatic carbocycles. The highest BCUT2D eigenvalue weighted by Crippen LogP contribution is 2.56. The molecule has 4 heterocycles. The van der Waals surface area contributed by atoms with E-state index < -0.39 is 0 Å². The van der Waals surface area contributed by atoms with Gasteiger partial charge in [-0.15, -0.1) is 0 Å². The highest BCUT2D eigenvalue weighted by molar-refractivity contribution is 6.90. The fourth-order valence-corrected chi connectivity index (χ4v) is 13.1. The standard InChI is InChI=1S/C67H56BN3O/c1-41-36-49-46-33-35-56(69(44-24-14-10-15-25-44)45-26-16-11-17-27-45)61-60-47-28-18-21-31-59(47)72-64(60)71(63(46)61)68-54-39-52-53(67(7,8)51-30-20-19-29-50(51)66(52,5)6)40-57(54)70(58(37-41)62(49)68)55-34-32-43(65(2,3)4)38-48(55)42-22-12-9-13-23-42/h9-40H,1-8H3. The van der Waals surface area contributed by atoms with Gasteiger partial charge in [-0.3, -0.25) is 0 Å². The molecule has 0 spiro atoms. The van der Waals surface area contributed by atoms with E-state index in [0.717, 1.165) is 39.1 Å². The van der Waals surface area contributed by atoms with Gasteiger partial charge >= 0.3 is 6.85 Å². The van der Waals surface area contributed by atoms with Gasteiger partial charge in [0.1, 0.15) is 5.58 Å². The summed E-state index contributed by atoms with van der Waals surface area (Å²) in [6.45, 7) is 18.7. The number of benzene rings is 9. The number of hydrogen-bond donors (Lipinski definition) is 0. The minimum atomic E-state index is -0.270. The second kappa shape index (κ2) is 15.0. The van der Waals surface area contributed by atoms with Crippen molar-refractivity contribution in [3.8, 4) is 22.3 Å². The van der Waals surface area contributed by atoms with Gasteiger partial charge in [-0.05, 0) is 128 Å². The van der Waals surface area contributed by atoms with Crippen LogP contribution in [0, 0.1) is 6.92 Å². The van der Waals surface area contributed by atoms with Crippen LogP contribution >= 0.6 is 0 Å². The first kappa shape index (κ1) is 42.8. The normalized spacial score (nSPS) is 14.8. The fraction of sp³-hybridized carbons (Fsp3) is 0.164. The molecular weight excluding hydrogens is 874 g/mol. The molecule has 0 N–H and O–H groups in total. The summed E-state index contributed by atoms with van der Waals surface area (Å²) in [6, 6.07) is 72.6. The highest BCUT2D eigenvalue weighted by Gasteiger charge is 2.49. The zero-order valence-electron chi connectivity index (χ0n) is 42.3. The Kier molecular flexibility index (Phi) is 8.93. The molecule has 348 valence electrons. The zero-order valence-corrected chi connectivity index (χ0v) is 42.3. The van der Waals surface area contributed by atoms with Crippen molar-refractivity contribution in [2.45, 2.75) is 71.6 Å². The third kappa shape index (κ3) is 5.88. The van der Waals surface area contributed by atoms with Crippen molar-refractivity contribution in [2.75, 3.05) is 9.80 Å². The van der Waals surface area contributed by atoms with Crippen LogP contribution in [0.25, 0.3) is 55.2 Å². The van der Waals surface area contributed by atoms with Crippen molar-refractivity contribution in [1.29, 1.82) is 0 Å². The lowest BCUT2D eigenvalue weighted by atomic mass is 9.44. The van der Waals surface area contributed by atoms with Crippen molar-refractivity contribution >= 4 is 84.9 Å². The summed E-state index contributed by atoms with van der Waals surface area (Å²) in [7, 11) is 0. The Morgan fingerprint density at radius 3 is 1.79 bits per heavy atom. The van der Waals surface area contributed by atoms with Crippen molar-refractivity contribution in [1.82, 2.24) is 4.48 Å². The summed E-state index contributed by atoms with van der Waals surface area (Å²) >= 11 is 0. The smallest absolute Gasteiger partial charge is 0.336 e. The average Bonchev–Trinajstić information content (AvgIpc) is 3.93. The van der Waals surface area contributed by atoms with Gasteiger partial charge in [0.2, 0.25) is 0 Å². The average molecular weight is 930 g/mol. The van der Waals surface area contributed by atoms with E-state index in [1.807, 2.05) is 0 Å². The second-order valence-electron chi connectivity index (χ2n) is 22.6. The van der Waals surface area contributed by atoms with Crippen LogP contribution in [0.15, 0.2) is 199 Å². The van der Waals surface area contributed by atoms with E-state index in [1.165, 1.54) is 94.5 Å². The van der Waals surface area contributed by atoms with Crippen molar-refractivity contribution in [3.05, 3.63) is 228 Å². The van der Waals surface area contributed by atoms with Gasteiger partial charge in [-0.2, -0.15) is 0 Å². The number of anilines is 6. The molecule has 5 heteroatoms. The van der Waals surface area contributed by atoms with E-state index in [4.69, 9.17) is 4.42 Å². The van der Waals surface area contributed by atoms with Crippen molar-refractivity contribution in [2.24, 2.45) is 0 Å². The molecule has 3 aliphatic rings. The van der Waals surface area contributed by atoms with Crippen LogP contribution in [0.2, 0.25) is 0 Å². The van der Waals surface area contributed by atoms with E-state index in [1.54, 1.807) is 0 Å². The summed E-state index contributed by atoms with van der Waals surface area (Å²) in [6.07, 6.45) is 0. The lowest BCUT2D eigenvalue weighted by Gasteiger charge is -2.47. The Bertz CT molecular complexity index is 4000. The molecule has 4 nitrogen and oxygen atoms in total. The molecule has 2 aromatic heterocycles. The maximum Gasteiger partial charge on any atom is 0.336 e. The molecule has 0 radical (unpaired) electrons. The first-order valence-electron chi connectivity index (χ1n) is 25.6. The molecule has 0 saturated carbocycles. The van der Waals surface area contributed by atoms with Gasteiger partial charge < -0.3 is 18.7 Å². The Morgan fingerprint density at radius 2 is 1.12 bits per heavy atom. The molecule has 0 amide bonds.